The first-order valence-electron chi connectivity index (χ1n) is 11.6. The van der Waals surface area contributed by atoms with Crippen LogP contribution >= 0.6 is 0 Å². The van der Waals surface area contributed by atoms with Gasteiger partial charge in [0.25, 0.3) is 0 Å². The molecule has 0 saturated carbocycles. The fourth-order valence-corrected chi connectivity index (χ4v) is 4.06. The summed E-state index contributed by atoms with van der Waals surface area (Å²) < 4.78 is 13.3. The van der Waals surface area contributed by atoms with Crippen LogP contribution in [0.2, 0.25) is 0 Å². The van der Waals surface area contributed by atoms with Crippen molar-refractivity contribution in [2.75, 3.05) is 18.8 Å². The van der Waals surface area contributed by atoms with Crippen LogP contribution in [0.3, 0.4) is 0 Å². The van der Waals surface area contributed by atoms with Gasteiger partial charge >= 0.3 is 6.09 Å². The molecular weight excluding hydrogens is 446 g/mol. The van der Waals surface area contributed by atoms with Gasteiger partial charge in [-0.15, -0.1) is 0 Å². The molecule has 3 heterocycles. The Morgan fingerprint density at radius 1 is 1.14 bits per heavy atom. The minimum Gasteiger partial charge on any atom is -0.457 e. The zero-order valence-corrected chi connectivity index (χ0v) is 20.2. The normalized spacial score (nSPS) is 15.3. The zero-order valence-electron chi connectivity index (χ0n) is 20.2. The van der Waals surface area contributed by atoms with Gasteiger partial charge in [0.1, 0.15) is 17.1 Å². The minimum atomic E-state index is -0.591. The average molecular weight is 478 g/mol. The minimum absolute atomic E-state index is 0.180. The van der Waals surface area contributed by atoms with E-state index in [2.05, 4.69) is 5.10 Å². The lowest BCUT2D eigenvalue weighted by atomic mass is 10.0. The maximum atomic E-state index is 12.3. The van der Waals surface area contributed by atoms with Crippen LogP contribution < -0.4 is 11.5 Å². The van der Waals surface area contributed by atoms with Crippen LogP contribution in [0, 0.1) is 0 Å². The van der Waals surface area contributed by atoms with Gasteiger partial charge in [-0.05, 0) is 57.9 Å². The first-order chi connectivity index (χ1) is 16.6. The van der Waals surface area contributed by atoms with Gasteiger partial charge in [-0.2, -0.15) is 5.10 Å². The number of amides is 2. The van der Waals surface area contributed by atoms with Gasteiger partial charge in [0.05, 0.1) is 23.4 Å². The molecule has 1 aliphatic rings. The Bertz CT molecular complexity index is 1240. The number of rotatable bonds is 5. The molecular formula is C26H31N5O4. The quantitative estimate of drug-likeness (QED) is 0.416. The number of nitrogens with two attached hydrogens (primary N) is 2. The highest BCUT2D eigenvalue weighted by molar-refractivity contribution is 6.24. The van der Waals surface area contributed by atoms with Crippen molar-refractivity contribution in [3.63, 3.8) is 0 Å². The number of hydrogen-bond donors (Lipinski definition) is 2. The second kappa shape index (κ2) is 9.69. The molecule has 0 atom stereocenters. The standard InChI is InChI=1S/C26H31N5O4/c1-26(2,3)35-25(33)30-12-10-18(11-13-30)31-16-17(15-29-31)23-9-8-19(34-23)14-21(24(28)32)20-6-4-5-7-22(20)27/h4-9,14-16,18H,10-13,27H2,1-3H3,(H2,28,32). The van der Waals surface area contributed by atoms with Crippen LogP contribution in [0.25, 0.3) is 23.0 Å². The molecule has 9 heteroatoms. The van der Waals surface area contributed by atoms with Crippen molar-refractivity contribution in [2.24, 2.45) is 5.73 Å². The predicted molar refractivity (Wildman–Crippen MR) is 134 cm³/mol. The number of carbonyl (C=O) groups is 2. The van der Waals surface area contributed by atoms with E-state index in [-0.39, 0.29) is 17.7 Å². The summed E-state index contributed by atoms with van der Waals surface area (Å²) in [6.07, 6.45) is 6.57. The Kier molecular flexibility index (Phi) is 6.68. The Labute approximate surface area is 204 Å². The third-order valence-corrected chi connectivity index (χ3v) is 5.81. The van der Waals surface area contributed by atoms with Crippen molar-refractivity contribution >= 4 is 29.3 Å². The molecule has 184 valence electrons. The van der Waals surface area contributed by atoms with Crippen molar-refractivity contribution in [1.29, 1.82) is 0 Å². The maximum absolute atomic E-state index is 12.3. The van der Waals surface area contributed by atoms with E-state index in [4.69, 9.17) is 20.6 Å². The summed E-state index contributed by atoms with van der Waals surface area (Å²) in [5.74, 6) is 0.514. The number of carbonyl (C=O) groups excluding carboxylic acids is 2. The number of aromatic nitrogens is 2. The Morgan fingerprint density at radius 2 is 1.86 bits per heavy atom. The largest absolute Gasteiger partial charge is 0.457 e. The zero-order chi connectivity index (χ0) is 25.2. The molecule has 35 heavy (non-hydrogen) atoms. The highest BCUT2D eigenvalue weighted by Crippen LogP contribution is 2.29. The third kappa shape index (κ3) is 5.74. The summed E-state index contributed by atoms with van der Waals surface area (Å²) in [6.45, 7) is 6.83. The molecule has 2 aromatic heterocycles. The number of nitrogen functional groups attached to an aromatic ring is 1. The van der Waals surface area contributed by atoms with Crippen LogP contribution in [0.15, 0.2) is 53.2 Å². The predicted octanol–water partition coefficient (Wildman–Crippen LogP) is 4.32. The highest BCUT2D eigenvalue weighted by Gasteiger charge is 2.28. The molecule has 9 nitrogen and oxygen atoms in total. The van der Waals surface area contributed by atoms with Gasteiger partial charge in [-0.3, -0.25) is 9.48 Å². The number of anilines is 1. The number of primary amides is 1. The Balaban J connectivity index is 1.45. The lowest BCUT2D eigenvalue weighted by Crippen LogP contribution is -2.42. The molecule has 4 rings (SSSR count). The fraction of sp³-hybridized carbons (Fsp3) is 0.346. The van der Waals surface area contributed by atoms with Crippen LogP contribution in [-0.4, -0.2) is 45.4 Å². The van der Waals surface area contributed by atoms with E-state index in [1.54, 1.807) is 47.5 Å². The number of nitrogens with zero attached hydrogens (tertiary/aromatic N) is 3. The molecule has 0 radical (unpaired) electrons. The first kappa shape index (κ1) is 24.1. The van der Waals surface area contributed by atoms with E-state index in [0.717, 1.165) is 18.4 Å². The molecule has 0 bridgehead atoms. The molecule has 0 unspecified atom stereocenters. The topological polar surface area (TPSA) is 130 Å². The lowest BCUT2D eigenvalue weighted by Gasteiger charge is -2.33. The van der Waals surface area contributed by atoms with Gasteiger partial charge < -0.3 is 25.5 Å². The van der Waals surface area contributed by atoms with Crippen molar-refractivity contribution in [3.8, 4) is 11.3 Å². The molecule has 4 N–H and O–H groups in total. The van der Waals surface area contributed by atoms with Crippen LogP contribution in [0.4, 0.5) is 10.5 Å². The van der Waals surface area contributed by atoms with Gasteiger partial charge in [-0.25, -0.2) is 4.79 Å². The van der Waals surface area contributed by atoms with Crippen LogP contribution in [-0.2, 0) is 9.53 Å². The van der Waals surface area contributed by atoms with E-state index >= 15 is 0 Å². The highest BCUT2D eigenvalue weighted by atomic mass is 16.6. The lowest BCUT2D eigenvalue weighted by molar-refractivity contribution is -0.112. The van der Waals surface area contributed by atoms with Gasteiger partial charge in [0.15, 0.2) is 0 Å². The third-order valence-electron chi connectivity index (χ3n) is 5.81. The van der Waals surface area contributed by atoms with E-state index in [0.29, 0.717) is 35.9 Å². The second-order valence-corrected chi connectivity index (χ2v) is 9.62. The number of piperidine rings is 1. The number of ether oxygens (including phenoxy) is 1. The molecule has 0 spiro atoms. The summed E-state index contributed by atoms with van der Waals surface area (Å²) in [7, 11) is 0. The molecule has 0 aliphatic carbocycles. The molecule has 2 amide bonds. The monoisotopic (exact) mass is 477 g/mol. The molecule has 1 saturated heterocycles. The SMILES string of the molecule is CC(C)(C)OC(=O)N1CCC(n2cc(-c3ccc(C=C(C(N)=O)c4ccccc4N)o3)cn2)CC1. The van der Waals surface area contributed by atoms with E-state index in [1.165, 1.54) is 0 Å². The Morgan fingerprint density at radius 3 is 2.51 bits per heavy atom. The second-order valence-electron chi connectivity index (χ2n) is 9.62. The molecule has 1 aliphatic heterocycles. The number of hydrogen-bond acceptors (Lipinski definition) is 6. The van der Waals surface area contributed by atoms with E-state index < -0.39 is 11.5 Å². The number of benzene rings is 1. The van der Waals surface area contributed by atoms with Crippen molar-refractivity contribution in [2.45, 2.75) is 45.3 Å². The number of furan rings is 1. The molecule has 1 fully saturated rings. The molecule has 3 aromatic rings. The smallest absolute Gasteiger partial charge is 0.410 e. The van der Waals surface area contributed by atoms with Gasteiger partial charge in [0.2, 0.25) is 5.91 Å². The van der Waals surface area contributed by atoms with Gasteiger partial charge in [0, 0.05) is 30.5 Å². The van der Waals surface area contributed by atoms with Crippen molar-refractivity contribution in [3.05, 3.63) is 60.1 Å². The number of likely N-dealkylation sites (tertiary alicyclic amines) is 1. The summed E-state index contributed by atoms with van der Waals surface area (Å²) in [5, 5.41) is 4.52. The van der Waals surface area contributed by atoms with Crippen molar-refractivity contribution < 1.29 is 18.7 Å². The number of para-hydroxylation sites is 1. The van der Waals surface area contributed by atoms with Crippen molar-refractivity contribution in [1.82, 2.24) is 14.7 Å². The summed E-state index contributed by atoms with van der Waals surface area (Å²) in [5.41, 5.74) is 13.2. The maximum Gasteiger partial charge on any atom is 0.410 e. The summed E-state index contributed by atoms with van der Waals surface area (Å²) in [6, 6.07) is 10.8. The molecule has 1 aromatic carbocycles. The summed E-state index contributed by atoms with van der Waals surface area (Å²) in [4.78, 5) is 26.1. The van der Waals surface area contributed by atoms with Gasteiger partial charge in [-0.1, -0.05) is 18.2 Å². The Hall–Kier alpha value is -4.01. The summed E-state index contributed by atoms with van der Waals surface area (Å²) >= 11 is 0. The van der Waals surface area contributed by atoms with E-state index in [1.807, 2.05) is 37.7 Å². The first-order valence-corrected chi connectivity index (χ1v) is 11.6. The van der Waals surface area contributed by atoms with Crippen LogP contribution in [0.5, 0.6) is 0 Å². The van der Waals surface area contributed by atoms with Crippen LogP contribution in [0.1, 0.15) is 51.0 Å². The van der Waals surface area contributed by atoms with E-state index in [9.17, 15) is 9.59 Å². The fourth-order valence-electron chi connectivity index (χ4n) is 4.06. The average Bonchev–Trinajstić information content (AvgIpc) is 3.47.